The maximum Gasteiger partial charge on any atom is 0.258 e. The standard InChI is InChI=1S/C29H32N4O4S/c1-2-38(35,36)33(17-16-32-18-20-37-21-19-32)24-14-12-23(13-15-24)30-28(22-8-4-3-5-9-22)27-25-10-6-7-11-26(25)31-29(27)34/h3-15,30H,2,16-21H2,1H3,(H,31,34). The molecule has 0 aliphatic carbocycles. The molecular formula is C29H32N4O4S. The first-order valence-electron chi connectivity index (χ1n) is 12.8. The number of carbonyl (C=O) groups excluding carboxylic acids is 1. The van der Waals surface area contributed by atoms with E-state index >= 15 is 0 Å². The van der Waals surface area contributed by atoms with Crippen molar-refractivity contribution in [2.45, 2.75) is 6.92 Å². The summed E-state index contributed by atoms with van der Waals surface area (Å²) in [6, 6.07) is 24.7. The van der Waals surface area contributed by atoms with Crippen LogP contribution < -0.4 is 14.9 Å². The Balaban J connectivity index is 1.44. The molecule has 0 atom stereocenters. The van der Waals surface area contributed by atoms with Gasteiger partial charge in [-0.3, -0.25) is 14.0 Å². The van der Waals surface area contributed by atoms with Crippen molar-refractivity contribution in [3.05, 3.63) is 90.0 Å². The van der Waals surface area contributed by atoms with Crippen molar-refractivity contribution in [3.63, 3.8) is 0 Å². The fourth-order valence-corrected chi connectivity index (χ4v) is 5.86. The average molecular weight is 533 g/mol. The number of hydrogen-bond acceptors (Lipinski definition) is 6. The molecule has 1 saturated heterocycles. The van der Waals surface area contributed by atoms with Crippen LogP contribution in [0.25, 0.3) is 11.3 Å². The molecule has 2 heterocycles. The third kappa shape index (κ3) is 5.60. The molecule has 3 aromatic carbocycles. The van der Waals surface area contributed by atoms with Crippen LogP contribution in [-0.4, -0.2) is 64.4 Å². The van der Waals surface area contributed by atoms with Gasteiger partial charge in [0.25, 0.3) is 5.91 Å². The third-order valence-electron chi connectivity index (χ3n) is 6.83. The Morgan fingerprint density at radius 1 is 0.974 bits per heavy atom. The van der Waals surface area contributed by atoms with E-state index in [9.17, 15) is 13.2 Å². The first kappa shape index (κ1) is 26.0. The highest BCUT2D eigenvalue weighted by Crippen LogP contribution is 2.37. The van der Waals surface area contributed by atoms with Gasteiger partial charge in [0.15, 0.2) is 0 Å². The Kier molecular flexibility index (Phi) is 7.78. The van der Waals surface area contributed by atoms with Gasteiger partial charge in [0.2, 0.25) is 10.0 Å². The summed E-state index contributed by atoms with van der Waals surface area (Å²) in [6.45, 7) is 5.62. The molecule has 0 spiro atoms. The van der Waals surface area contributed by atoms with Crippen molar-refractivity contribution in [1.29, 1.82) is 0 Å². The van der Waals surface area contributed by atoms with Crippen LogP contribution in [0, 0.1) is 0 Å². The van der Waals surface area contributed by atoms with E-state index in [1.54, 1.807) is 6.92 Å². The molecular weight excluding hydrogens is 500 g/mol. The Morgan fingerprint density at radius 3 is 2.37 bits per heavy atom. The maximum absolute atomic E-state index is 13.0. The number of sulfonamides is 1. The highest BCUT2D eigenvalue weighted by molar-refractivity contribution is 7.92. The number of para-hydroxylation sites is 1. The topological polar surface area (TPSA) is 91.0 Å². The molecule has 2 aliphatic heterocycles. The summed E-state index contributed by atoms with van der Waals surface area (Å²) in [5.74, 6) is -0.146. The Labute approximate surface area is 224 Å². The second-order valence-corrected chi connectivity index (χ2v) is 11.4. The first-order valence-corrected chi connectivity index (χ1v) is 14.5. The summed E-state index contributed by atoms with van der Waals surface area (Å²) in [5, 5.41) is 6.39. The van der Waals surface area contributed by atoms with Gasteiger partial charge >= 0.3 is 0 Å². The molecule has 0 saturated carbocycles. The lowest BCUT2D eigenvalue weighted by molar-refractivity contribution is -0.110. The number of nitrogens with one attached hydrogen (secondary N) is 2. The van der Waals surface area contributed by atoms with Crippen LogP contribution in [0.2, 0.25) is 0 Å². The maximum atomic E-state index is 13.0. The fraction of sp³-hybridized carbons (Fsp3) is 0.276. The van der Waals surface area contributed by atoms with Gasteiger partial charge in [0, 0.05) is 43.1 Å². The number of carbonyl (C=O) groups is 1. The van der Waals surface area contributed by atoms with Gasteiger partial charge in [0.05, 0.1) is 35.9 Å². The molecule has 1 fully saturated rings. The van der Waals surface area contributed by atoms with Crippen LogP contribution in [-0.2, 0) is 19.6 Å². The predicted octanol–water partition coefficient (Wildman–Crippen LogP) is 4.11. The minimum Gasteiger partial charge on any atom is -0.379 e. The number of rotatable bonds is 9. The molecule has 0 bridgehead atoms. The molecule has 198 valence electrons. The van der Waals surface area contributed by atoms with Crippen LogP contribution in [0.3, 0.4) is 0 Å². The summed E-state index contributed by atoms with van der Waals surface area (Å²) in [4.78, 5) is 15.3. The van der Waals surface area contributed by atoms with Gasteiger partial charge < -0.3 is 15.4 Å². The second kappa shape index (κ2) is 11.4. The van der Waals surface area contributed by atoms with Gasteiger partial charge in [-0.15, -0.1) is 0 Å². The zero-order valence-electron chi connectivity index (χ0n) is 21.4. The van der Waals surface area contributed by atoms with Gasteiger partial charge in [-0.25, -0.2) is 8.42 Å². The average Bonchev–Trinajstić information content (AvgIpc) is 3.29. The number of amides is 1. The van der Waals surface area contributed by atoms with E-state index in [0.29, 0.717) is 43.3 Å². The molecule has 0 radical (unpaired) electrons. The van der Waals surface area contributed by atoms with Gasteiger partial charge in [0.1, 0.15) is 0 Å². The summed E-state index contributed by atoms with van der Waals surface area (Å²) in [5.41, 5.74) is 5.10. The van der Waals surface area contributed by atoms with Crippen LogP contribution in [0.1, 0.15) is 18.1 Å². The Hall–Kier alpha value is -3.66. The highest BCUT2D eigenvalue weighted by Gasteiger charge is 2.28. The molecule has 38 heavy (non-hydrogen) atoms. The summed E-state index contributed by atoms with van der Waals surface area (Å²) in [6.07, 6.45) is 0. The second-order valence-electron chi connectivity index (χ2n) is 9.21. The number of ether oxygens (including phenoxy) is 1. The number of benzene rings is 3. The van der Waals surface area contributed by atoms with E-state index < -0.39 is 10.0 Å². The van der Waals surface area contributed by atoms with Crippen molar-refractivity contribution < 1.29 is 17.9 Å². The molecule has 0 aromatic heterocycles. The zero-order valence-corrected chi connectivity index (χ0v) is 22.2. The number of anilines is 3. The van der Waals surface area contributed by atoms with Crippen LogP contribution in [0.15, 0.2) is 78.9 Å². The zero-order chi connectivity index (χ0) is 26.5. The SMILES string of the molecule is CCS(=O)(=O)N(CCN1CCOCC1)c1ccc(NC(=C2C(=O)Nc3ccccc32)c2ccccc2)cc1. The van der Waals surface area contributed by atoms with Crippen LogP contribution in [0.5, 0.6) is 0 Å². The summed E-state index contributed by atoms with van der Waals surface area (Å²) in [7, 11) is -3.45. The number of fused-ring (bicyclic) bond motifs is 1. The monoisotopic (exact) mass is 532 g/mol. The lowest BCUT2D eigenvalue weighted by Gasteiger charge is -2.30. The van der Waals surface area contributed by atoms with Gasteiger partial charge in [-0.05, 0) is 42.8 Å². The molecule has 2 N–H and O–H groups in total. The van der Waals surface area contributed by atoms with E-state index in [4.69, 9.17) is 4.74 Å². The largest absolute Gasteiger partial charge is 0.379 e. The van der Waals surface area contributed by atoms with Gasteiger partial charge in [-0.2, -0.15) is 0 Å². The Morgan fingerprint density at radius 2 is 1.66 bits per heavy atom. The fourth-order valence-electron chi connectivity index (χ4n) is 4.75. The van der Waals surface area contributed by atoms with Crippen LogP contribution in [0.4, 0.5) is 17.1 Å². The predicted molar refractivity (Wildman–Crippen MR) is 152 cm³/mol. The van der Waals surface area contributed by atoms with Crippen molar-refractivity contribution in [3.8, 4) is 0 Å². The molecule has 9 heteroatoms. The van der Waals surface area contributed by atoms with E-state index in [1.165, 1.54) is 4.31 Å². The number of hydrogen-bond donors (Lipinski definition) is 2. The Bertz CT molecular complexity index is 1420. The molecule has 3 aromatic rings. The lowest BCUT2D eigenvalue weighted by atomic mass is 10.00. The van der Waals surface area contributed by atoms with E-state index in [2.05, 4.69) is 15.5 Å². The minimum absolute atomic E-state index is 0.0227. The van der Waals surface area contributed by atoms with E-state index in [-0.39, 0.29) is 11.7 Å². The normalized spacial score (nSPS) is 17.0. The van der Waals surface area contributed by atoms with Crippen LogP contribution >= 0.6 is 0 Å². The van der Waals surface area contributed by atoms with Crippen molar-refractivity contribution >= 4 is 44.3 Å². The quantitative estimate of drug-likeness (QED) is 0.403. The smallest absolute Gasteiger partial charge is 0.258 e. The molecule has 2 aliphatic rings. The lowest BCUT2D eigenvalue weighted by Crippen LogP contribution is -2.43. The van der Waals surface area contributed by atoms with Crippen molar-refractivity contribution in [2.24, 2.45) is 0 Å². The van der Waals surface area contributed by atoms with Crippen molar-refractivity contribution in [1.82, 2.24) is 4.90 Å². The molecule has 5 rings (SSSR count). The minimum atomic E-state index is -3.45. The number of morpholine rings is 1. The van der Waals surface area contributed by atoms with E-state index in [1.807, 2.05) is 78.9 Å². The van der Waals surface area contributed by atoms with Crippen molar-refractivity contribution in [2.75, 3.05) is 60.1 Å². The molecule has 1 amide bonds. The summed E-state index contributed by atoms with van der Waals surface area (Å²) < 4.78 is 32.8. The third-order valence-corrected chi connectivity index (χ3v) is 8.63. The van der Waals surface area contributed by atoms with E-state index in [0.717, 1.165) is 35.6 Å². The highest BCUT2D eigenvalue weighted by atomic mass is 32.2. The molecule has 0 unspecified atom stereocenters. The van der Waals surface area contributed by atoms with Gasteiger partial charge in [-0.1, -0.05) is 48.5 Å². The number of nitrogens with zero attached hydrogens (tertiary/aromatic N) is 2. The molecule has 8 nitrogen and oxygen atoms in total. The first-order chi connectivity index (χ1) is 18.5. The summed E-state index contributed by atoms with van der Waals surface area (Å²) >= 11 is 0.